The summed E-state index contributed by atoms with van der Waals surface area (Å²) in [6.07, 6.45) is 0. The van der Waals surface area contributed by atoms with E-state index < -0.39 is 0 Å². The highest BCUT2D eigenvalue weighted by Crippen LogP contribution is 2.32. The van der Waals surface area contributed by atoms with Gasteiger partial charge in [-0.1, -0.05) is 35.1 Å². The number of fused-ring (bicyclic) bond motifs is 1. The zero-order valence-electron chi connectivity index (χ0n) is 16.4. The molecule has 1 fully saturated rings. The van der Waals surface area contributed by atoms with Gasteiger partial charge in [0.05, 0.1) is 10.2 Å². The van der Waals surface area contributed by atoms with Gasteiger partial charge in [0.15, 0.2) is 5.13 Å². The number of aromatic nitrogens is 1. The Hall–Kier alpha value is -2.40. The first-order valence-electron chi connectivity index (χ1n) is 9.41. The predicted octanol–water partition coefficient (Wildman–Crippen LogP) is 4.49. The molecule has 1 aromatic heterocycles. The Bertz CT molecular complexity index is 1020. The molecule has 1 amide bonds. The van der Waals surface area contributed by atoms with E-state index in [4.69, 9.17) is 4.98 Å². The molecule has 3 aromatic rings. The second-order valence-corrected chi connectivity index (χ2v) is 8.53. The number of aryl methyl sites for hydroxylation is 4. The zero-order chi connectivity index (χ0) is 19.1. The predicted molar refractivity (Wildman–Crippen MR) is 113 cm³/mol. The smallest absolute Gasteiger partial charge is 0.254 e. The lowest BCUT2D eigenvalue weighted by atomic mass is 10.0. The summed E-state index contributed by atoms with van der Waals surface area (Å²) in [6.45, 7) is 11.4. The highest BCUT2D eigenvalue weighted by molar-refractivity contribution is 7.22. The molecule has 0 aliphatic carbocycles. The van der Waals surface area contributed by atoms with Crippen LogP contribution in [0.25, 0.3) is 10.2 Å². The lowest BCUT2D eigenvalue weighted by Crippen LogP contribution is -2.48. The Morgan fingerprint density at radius 2 is 1.67 bits per heavy atom. The molecular formula is C22H25N3OS. The van der Waals surface area contributed by atoms with Crippen molar-refractivity contribution >= 4 is 32.6 Å². The SMILES string of the molecule is Cc1ccc(C)c(C(=O)N2CCN(c3nc4c(C)cc(C)cc4s3)CC2)c1. The fourth-order valence-electron chi connectivity index (χ4n) is 3.73. The van der Waals surface area contributed by atoms with Gasteiger partial charge in [0.1, 0.15) is 0 Å². The fourth-order valence-corrected chi connectivity index (χ4v) is 4.92. The number of carbonyl (C=O) groups is 1. The third-order valence-electron chi connectivity index (χ3n) is 5.28. The van der Waals surface area contributed by atoms with Gasteiger partial charge in [-0.2, -0.15) is 0 Å². The van der Waals surface area contributed by atoms with Crippen molar-refractivity contribution in [3.05, 3.63) is 58.1 Å². The average Bonchev–Trinajstić information content (AvgIpc) is 3.07. The Balaban J connectivity index is 1.50. The van der Waals surface area contributed by atoms with E-state index in [1.54, 1.807) is 11.3 Å². The van der Waals surface area contributed by atoms with Crippen molar-refractivity contribution in [1.29, 1.82) is 0 Å². The summed E-state index contributed by atoms with van der Waals surface area (Å²) in [5.41, 5.74) is 6.62. The standard InChI is InChI=1S/C22H25N3OS/c1-14-5-6-16(3)18(12-14)21(26)24-7-9-25(10-8-24)22-23-20-17(4)11-15(2)13-19(20)27-22/h5-6,11-13H,7-10H2,1-4H3. The molecule has 27 heavy (non-hydrogen) atoms. The number of amides is 1. The summed E-state index contributed by atoms with van der Waals surface area (Å²) in [4.78, 5) is 22.1. The Kier molecular flexibility index (Phi) is 4.64. The molecule has 4 rings (SSSR count). The number of hydrogen-bond donors (Lipinski definition) is 0. The summed E-state index contributed by atoms with van der Waals surface area (Å²) in [7, 11) is 0. The van der Waals surface area contributed by atoms with Gasteiger partial charge in [-0.15, -0.1) is 0 Å². The van der Waals surface area contributed by atoms with Crippen molar-refractivity contribution in [2.24, 2.45) is 0 Å². The van der Waals surface area contributed by atoms with Gasteiger partial charge in [-0.3, -0.25) is 4.79 Å². The van der Waals surface area contributed by atoms with Crippen molar-refractivity contribution in [3.8, 4) is 0 Å². The van der Waals surface area contributed by atoms with Crippen molar-refractivity contribution in [2.75, 3.05) is 31.1 Å². The minimum Gasteiger partial charge on any atom is -0.345 e. The normalized spacial score (nSPS) is 14.8. The monoisotopic (exact) mass is 379 g/mol. The summed E-state index contributed by atoms with van der Waals surface area (Å²) >= 11 is 1.75. The van der Waals surface area contributed by atoms with Gasteiger partial charge >= 0.3 is 0 Å². The maximum absolute atomic E-state index is 12.9. The number of thiazole rings is 1. The van der Waals surface area contributed by atoms with Crippen LogP contribution < -0.4 is 4.90 Å². The van der Waals surface area contributed by atoms with Crippen molar-refractivity contribution in [2.45, 2.75) is 27.7 Å². The van der Waals surface area contributed by atoms with Crippen LogP contribution in [-0.4, -0.2) is 42.0 Å². The van der Waals surface area contributed by atoms with Crippen LogP contribution in [0, 0.1) is 27.7 Å². The molecule has 140 valence electrons. The van der Waals surface area contributed by atoms with E-state index >= 15 is 0 Å². The molecule has 0 spiro atoms. The molecule has 0 unspecified atom stereocenters. The maximum Gasteiger partial charge on any atom is 0.254 e. The number of carbonyl (C=O) groups excluding carboxylic acids is 1. The van der Waals surface area contributed by atoms with E-state index in [-0.39, 0.29) is 5.91 Å². The summed E-state index contributed by atoms with van der Waals surface area (Å²) in [5.74, 6) is 0.145. The fraction of sp³-hybridized carbons (Fsp3) is 0.364. The van der Waals surface area contributed by atoms with Crippen molar-refractivity contribution < 1.29 is 4.79 Å². The van der Waals surface area contributed by atoms with Crippen LogP contribution >= 0.6 is 11.3 Å². The van der Waals surface area contributed by atoms with E-state index in [0.29, 0.717) is 0 Å². The summed E-state index contributed by atoms with van der Waals surface area (Å²) < 4.78 is 1.25. The number of piperazine rings is 1. The van der Waals surface area contributed by atoms with Gasteiger partial charge in [0.25, 0.3) is 5.91 Å². The molecule has 0 atom stereocenters. The topological polar surface area (TPSA) is 36.4 Å². The largest absolute Gasteiger partial charge is 0.345 e. The number of nitrogens with zero attached hydrogens (tertiary/aromatic N) is 3. The molecule has 4 nitrogen and oxygen atoms in total. The molecule has 0 radical (unpaired) electrons. The van der Waals surface area contributed by atoms with E-state index in [2.05, 4.69) is 36.9 Å². The van der Waals surface area contributed by atoms with Gasteiger partial charge in [-0.25, -0.2) is 4.98 Å². The lowest BCUT2D eigenvalue weighted by molar-refractivity contribution is 0.0746. The molecule has 2 heterocycles. The van der Waals surface area contributed by atoms with E-state index in [1.807, 2.05) is 30.9 Å². The first-order valence-corrected chi connectivity index (χ1v) is 10.2. The number of anilines is 1. The van der Waals surface area contributed by atoms with Crippen LogP contribution in [-0.2, 0) is 0 Å². The molecule has 2 aromatic carbocycles. The van der Waals surface area contributed by atoms with Crippen LogP contribution in [0.1, 0.15) is 32.6 Å². The van der Waals surface area contributed by atoms with Crippen molar-refractivity contribution in [3.63, 3.8) is 0 Å². The van der Waals surface area contributed by atoms with Crippen LogP contribution in [0.5, 0.6) is 0 Å². The molecule has 0 bridgehead atoms. The molecule has 5 heteroatoms. The van der Waals surface area contributed by atoms with Gasteiger partial charge in [0, 0.05) is 31.7 Å². The van der Waals surface area contributed by atoms with Crippen LogP contribution in [0.4, 0.5) is 5.13 Å². The van der Waals surface area contributed by atoms with Gasteiger partial charge in [-0.05, 0) is 56.5 Å². The maximum atomic E-state index is 12.9. The van der Waals surface area contributed by atoms with Gasteiger partial charge < -0.3 is 9.80 Å². The third kappa shape index (κ3) is 3.44. The second-order valence-electron chi connectivity index (χ2n) is 7.52. The molecule has 1 aliphatic rings. The highest BCUT2D eigenvalue weighted by atomic mass is 32.1. The Morgan fingerprint density at radius 1 is 0.926 bits per heavy atom. The van der Waals surface area contributed by atoms with Crippen LogP contribution in [0.3, 0.4) is 0 Å². The zero-order valence-corrected chi connectivity index (χ0v) is 17.2. The number of hydrogen-bond acceptors (Lipinski definition) is 4. The second kappa shape index (κ2) is 6.97. The van der Waals surface area contributed by atoms with Crippen LogP contribution in [0.15, 0.2) is 30.3 Å². The molecule has 0 N–H and O–H groups in total. The minimum atomic E-state index is 0.145. The molecule has 1 aliphatic heterocycles. The minimum absolute atomic E-state index is 0.145. The number of rotatable bonds is 2. The first-order chi connectivity index (χ1) is 12.9. The Morgan fingerprint density at radius 3 is 2.41 bits per heavy atom. The van der Waals surface area contributed by atoms with E-state index in [1.165, 1.54) is 15.8 Å². The molecule has 1 saturated heterocycles. The van der Waals surface area contributed by atoms with Crippen LogP contribution in [0.2, 0.25) is 0 Å². The van der Waals surface area contributed by atoms with E-state index in [9.17, 15) is 4.79 Å². The van der Waals surface area contributed by atoms with E-state index in [0.717, 1.165) is 53.5 Å². The third-order valence-corrected chi connectivity index (χ3v) is 6.34. The molecule has 0 saturated carbocycles. The average molecular weight is 380 g/mol. The first kappa shape index (κ1) is 18.0. The summed E-state index contributed by atoms with van der Waals surface area (Å²) in [6, 6.07) is 10.5. The summed E-state index contributed by atoms with van der Waals surface area (Å²) in [5, 5.41) is 1.07. The quantitative estimate of drug-likeness (QED) is 0.658. The molecular weight excluding hydrogens is 354 g/mol. The van der Waals surface area contributed by atoms with Gasteiger partial charge in [0.2, 0.25) is 0 Å². The Labute approximate surface area is 164 Å². The lowest BCUT2D eigenvalue weighted by Gasteiger charge is -2.34. The highest BCUT2D eigenvalue weighted by Gasteiger charge is 2.25. The number of benzene rings is 2. The van der Waals surface area contributed by atoms with Crippen molar-refractivity contribution in [1.82, 2.24) is 9.88 Å².